The van der Waals surface area contributed by atoms with Crippen LogP contribution in [0.15, 0.2) is 9.91 Å². The zero-order valence-electron chi connectivity index (χ0n) is 7.96. The third-order valence-corrected chi connectivity index (χ3v) is 8.62. The van der Waals surface area contributed by atoms with Crippen LogP contribution in [-0.4, -0.2) is 30.8 Å². The summed E-state index contributed by atoms with van der Waals surface area (Å²) in [5.41, 5.74) is -0.301. The van der Waals surface area contributed by atoms with E-state index in [1.165, 1.54) is 0 Å². The van der Waals surface area contributed by atoms with Crippen LogP contribution < -0.4 is 0 Å². The standard InChI is InChI=1S/C5H9O2.C4H6.In/c1-5(2,3)7-4-6;1-3-4-2;/h1-3H3;1,3H,2,4H2;. The van der Waals surface area contributed by atoms with Crippen molar-refractivity contribution in [3.05, 3.63) is 9.91 Å². The summed E-state index contributed by atoms with van der Waals surface area (Å²) >= 11 is -1.99. The Hall–Kier alpha value is 0.0801. The van der Waals surface area contributed by atoms with Crippen LogP contribution in [0.25, 0.3) is 0 Å². The number of hydrogen-bond acceptors (Lipinski definition) is 2. The molecule has 0 atom stereocenters. The number of hydrogen-bond donors (Lipinski definition) is 0. The van der Waals surface area contributed by atoms with Gasteiger partial charge in [0.25, 0.3) is 0 Å². The van der Waals surface area contributed by atoms with E-state index in [1.807, 2.05) is 20.8 Å². The van der Waals surface area contributed by atoms with Crippen LogP contribution in [0.1, 0.15) is 27.2 Å². The van der Waals surface area contributed by atoms with Crippen LogP contribution >= 0.6 is 0 Å². The van der Waals surface area contributed by atoms with Gasteiger partial charge in [-0.1, -0.05) is 0 Å². The molecule has 0 aromatic carbocycles. The molecule has 0 saturated heterocycles. The third kappa shape index (κ3) is 3.21. The van der Waals surface area contributed by atoms with E-state index in [-0.39, 0.29) is 9.33 Å². The summed E-state index contributed by atoms with van der Waals surface area (Å²) in [7, 11) is 0. The molecule has 1 heterocycles. The van der Waals surface area contributed by atoms with E-state index >= 15 is 0 Å². The second-order valence-electron chi connectivity index (χ2n) is 4.15. The number of ether oxygens (including phenoxy) is 1. The molecule has 0 fully saturated rings. The molecule has 66 valence electrons. The zero-order valence-corrected chi connectivity index (χ0v) is 11.3. The van der Waals surface area contributed by atoms with Crippen molar-refractivity contribution in [2.45, 2.75) is 37.0 Å². The van der Waals surface area contributed by atoms with Crippen molar-refractivity contribution in [3.63, 3.8) is 0 Å². The van der Waals surface area contributed by atoms with Crippen LogP contribution in [0.2, 0.25) is 4.18 Å². The van der Waals surface area contributed by atoms with Crippen LogP contribution in [0.4, 0.5) is 4.79 Å². The van der Waals surface area contributed by atoms with Gasteiger partial charge in [0.15, 0.2) is 0 Å². The molecule has 0 bridgehead atoms. The first-order chi connectivity index (χ1) is 5.49. The van der Waals surface area contributed by atoms with E-state index in [2.05, 4.69) is 9.91 Å². The molecule has 0 N–H and O–H groups in total. The summed E-state index contributed by atoms with van der Waals surface area (Å²) in [4.78, 5) is 11.5. The Labute approximate surface area is 81.5 Å². The van der Waals surface area contributed by atoms with E-state index < -0.39 is 21.4 Å². The molecule has 0 spiro atoms. The van der Waals surface area contributed by atoms with E-state index in [4.69, 9.17) is 4.74 Å². The van der Waals surface area contributed by atoms with Gasteiger partial charge in [-0.2, -0.15) is 0 Å². The van der Waals surface area contributed by atoms with Crippen molar-refractivity contribution in [1.29, 1.82) is 0 Å². The fraction of sp³-hybridized carbons (Fsp3) is 0.667. The summed E-state index contributed by atoms with van der Waals surface area (Å²) in [5.74, 6) is 0. The molecule has 0 aromatic rings. The van der Waals surface area contributed by atoms with Gasteiger partial charge >= 0.3 is 81.6 Å². The molecule has 1 aliphatic rings. The Morgan fingerprint density at radius 1 is 1.50 bits per heavy atom. The Kier molecular flexibility index (Phi) is 3.27. The predicted octanol–water partition coefficient (Wildman–Crippen LogP) is 2.50. The average molecular weight is 270 g/mol. The molecule has 0 radical (unpaired) electrons. The van der Waals surface area contributed by atoms with Crippen LogP contribution in [0.5, 0.6) is 0 Å². The van der Waals surface area contributed by atoms with E-state index in [9.17, 15) is 4.79 Å². The van der Waals surface area contributed by atoms with Gasteiger partial charge in [-0.25, -0.2) is 0 Å². The van der Waals surface area contributed by atoms with E-state index in [0.29, 0.717) is 0 Å². The maximum atomic E-state index is 11.5. The molecule has 12 heavy (non-hydrogen) atoms. The van der Waals surface area contributed by atoms with E-state index in [0.717, 1.165) is 10.6 Å². The quantitative estimate of drug-likeness (QED) is 0.731. The fourth-order valence-electron chi connectivity index (χ4n) is 1.21. The SMILES string of the molecule is CC(C)(C)O[C](=O)[In]1[CH]=CC[CH2]1. The van der Waals surface area contributed by atoms with Crippen LogP contribution in [0.3, 0.4) is 0 Å². The molecule has 0 aliphatic carbocycles. The second-order valence-corrected chi connectivity index (χ2v) is 11.7. The molecular weight excluding hydrogens is 255 g/mol. The third-order valence-electron chi connectivity index (χ3n) is 1.72. The van der Waals surface area contributed by atoms with Crippen molar-refractivity contribution in [2.24, 2.45) is 0 Å². The van der Waals surface area contributed by atoms with Crippen LogP contribution in [0, 0.1) is 0 Å². The zero-order chi connectivity index (χ0) is 9.19. The van der Waals surface area contributed by atoms with Gasteiger partial charge in [0.2, 0.25) is 0 Å². The fourth-order valence-corrected chi connectivity index (χ4v) is 7.38. The molecular formula is C9H15InO2. The average Bonchev–Trinajstić information content (AvgIpc) is 2.32. The Morgan fingerprint density at radius 3 is 2.58 bits per heavy atom. The summed E-state index contributed by atoms with van der Waals surface area (Å²) in [6, 6.07) is 0. The number of rotatable bonds is 1. The van der Waals surface area contributed by atoms with Crippen LogP contribution in [-0.2, 0) is 4.74 Å². The van der Waals surface area contributed by atoms with Crippen molar-refractivity contribution >= 4 is 25.2 Å². The van der Waals surface area contributed by atoms with Gasteiger partial charge in [0.1, 0.15) is 0 Å². The molecule has 0 saturated carbocycles. The van der Waals surface area contributed by atoms with Crippen molar-refractivity contribution in [2.75, 3.05) is 0 Å². The first kappa shape index (κ1) is 10.2. The van der Waals surface area contributed by atoms with Crippen molar-refractivity contribution < 1.29 is 9.53 Å². The van der Waals surface area contributed by atoms with Gasteiger partial charge in [0, 0.05) is 0 Å². The Morgan fingerprint density at radius 2 is 2.17 bits per heavy atom. The van der Waals surface area contributed by atoms with Gasteiger partial charge in [0.05, 0.1) is 0 Å². The minimum absolute atomic E-state index is 0.123. The van der Waals surface area contributed by atoms with Crippen molar-refractivity contribution in [1.82, 2.24) is 0 Å². The van der Waals surface area contributed by atoms with Gasteiger partial charge < -0.3 is 0 Å². The monoisotopic (exact) mass is 270 g/mol. The summed E-state index contributed by atoms with van der Waals surface area (Å²) in [6.07, 6.45) is 3.23. The predicted molar refractivity (Wildman–Crippen MR) is 50.6 cm³/mol. The Bertz CT molecular complexity index is 203. The van der Waals surface area contributed by atoms with Gasteiger partial charge in [-0.05, 0) is 0 Å². The summed E-state index contributed by atoms with van der Waals surface area (Å²) in [6.45, 7) is 5.78. The van der Waals surface area contributed by atoms with Crippen molar-refractivity contribution in [3.8, 4) is 0 Å². The molecule has 0 amide bonds. The molecule has 1 aliphatic heterocycles. The topological polar surface area (TPSA) is 26.3 Å². The number of carbonyl (C=O) groups is 1. The second kappa shape index (κ2) is 3.86. The molecule has 0 aromatic heterocycles. The normalized spacial score (nSPS) is 16.8. The minimum atomic E-state index is -1.99. The molecule has 0 unspecified atom stereocenters. The van der Waals surface area contributed by atoms with Gasteiger partial charge in [-0.15, -0.1) is 0 Å². The summed E-state index contributed by atoms with van der Waals surface area (Å²) < 4.78 is 8.72. The van der Waals surface area contributed by atoms with Gasteiger partial charge in [-0.3, -0.25) is 0 Å². The first-order valence-corrected chi connectivity index (χ1v) is 10.3. The molecule has 1 rings (SSSR count). The van der Waals surface area contributed by atoms with E-state index in [1.54, 1.807) is 0 Å². The number of carbonyl (C=O) groups excluding carboxylic acids is 1. The first-order valence-electron chi connectivity index (χ1n) is 4.38. The molecule has 2 nitrogen and oxygen atoms in total. The maximum absolute atomic E-state index is 11.5. The number of allylic oxidation sites excluding steroid dienone is 1. The molecule has 3 heteroatoms. The summed E-state index contributed by atoms with van der Waals surface area (Å²) in [5, 5.41) is 0. The Balaban J connectivity index is 2.43.